The van der Waals surface area contributed by atoms with E-state index in [9.17, 15) is 8.78 Å². The molecule has 1 aromatic heterocycles. The van der Waals surface area contributed by atoms with Gasteiger partial charge in [-0.2, -0.15) is 0 Å². The van der Waals surface area contributed by atoms with E-state index >= 15 is 0 Å². The Morgan fingerprint density at radius 3 is 2.91 bits per heavy atom. The molecule has 1 rings (SSSR count). The molecule has 0 saturated heterocycles. The largest absolute Gasteiger partial charge is 0.464 e. The zero-order valence-electron chi connectivity index (χ0n) is 5.46. The zero-order valence-corrected chi connectivity index (χ0v) is 6.28. The van der Waals surface area contributed by atoms with Crippen LogP contribution < -0.4 is 10.5 Å². The number of rotatable bonds is 3. The van der Waals surface area contributed by atoms with Crippen molar-refractivity contribution in [2.45, 2.75) is 6.43 Å². The Kier molecular flexibility index (Phi) is 2.58. The highest BCUT2D eigenvalue weighted by Crippen LogP contribution is 2.22. The van der Waals surface area contributed by atoms with E-state index in [-0.39, 0.29) is 5.19 Å². The molecule has 3 nitrogen and oxygen atoms in total. The van der Waals surface area contributed by atoms with Crippen molar-refractivity contribution in [3.05, 3.63) is 6.20 Å². The highest BCUT2D eigenvalue weighted by molar-refractivity contribution is 7.17. The predicted molar refractivity (Wildman–Crippen MR) is 38.0 cm³/mol. The van der Waals surface area contributed by atoms with Gasteiger partial charge < -0.3 is 10.5 Å². The summed E-state index contributed by atoms with van der Waals surface area (Å²) in [4.78, 5) is 3.63. The monoisotopic (exact) mass is 180 g/mol. The van der Waals surface area contributed by atoms with Crippen molar-refractivity contribution in [3.63, 3.8) is 0 Å². The smallest absolute Gasteiger partial charge is 0.275 e. The maximum absolute atomic E-state index is 11.5. The Morgan fingerprint density at radius 1 is 1.73 bits per heavy atom. The fourth-order valence-corrected chi connectivity index (χ4v) is 1.01. The second-order valence-electron chi connectivity index (χ2n) is 1.73. The van der Waals surface area contributed by atoms with Crippen LogP contribution in [0.15, 0.2) is 6.20 Å². The number of ether oxygens (including phenoxy) is 1. The minimum Gasteiger partial charge on any atom is -0.464 e. The maximum Gasteiger partial charge on any atom is 0.275 e. The minimum atomic E-state index is -2.47. The summed E-state index contributed by atoms with van der Waals surface area (Å²) in [6.07, 6.45) is -1.11. The number of nitrogen functional groups attached to an aromatic ring is 1. The van der Waals surface area contributed by atoms with Gasteiger partial charge in [-0.3, -0.25) is 0 Å². The van der Waals surface area contributed by atoms with Crippen LogP contribution in [0.2, 0.25) is 0 Å². The third-order valence-corrected chi connectivity index (χ3v) is 1.57. The molecule has 1 aromatic rings. The molecule has 0 aliphatic carbocycles. The van der Waals surface area contributed by atoms with Gasteiger partial charge in [0.25, 0.3) is 11.6 Å². The van der Waals surface area contributed by atoms with Gasteiger partial charge in [-0.15, -0.1) is 0 Å². The first kappa shape index (κ1) is 8.19. The summed E-state index contributed by atoms with van der Waals surface area (Å²) >= 11 is 1.04. The third-order valence-electron chi connectivity index (χ3n) is 0.835. The molecule has 0 bridgehead atoms. The number of thiazole rings is 1. The van der Waals surface area contributed by atoms with E-state index in [4.69, 9.17) is 5.73 Å². The lowest BCUT2D eigenvalue weighted by molar-refractivity contribution is 0.0817. The summed E-state index contributed by atoms with van der Waals surface area (Å²) in [5, 5.41) is 0.636. The first-order valence-electron chi connectivity index (χ1n) is 2.80. The Hall–Kier alpha value is -0.910. The molecular weight excluding hydrogens is 174 g/mol. The summed E-state index contributed by atoms with van der Waals surface area (Å²) in [7, 11) is 0. The van der Waals surface area contributed by atoms with E-state index in [1.165, 1.54) is 6.20 Å². The predicted octanol–water partition coefficient (Wildman–Crippen LogP) is 1.37. The number of anilines is 1. The van der Waals surface area contributed by atoms with Crippen LogP contribution in [0.25, 0.3) is 0 Å². The van der Waals surface area contributed by atoms with E-state index < -0.39 is 13.0 Å². The van der Waals surface area contributed by atoms with Crippen molar-refractivity contribution in [3.8, 4) is 5.19 Å². The number of hydrogen-bond donors (Lipinski definition) is 1. The Bertz CT molecular complexity index is 228. The zero-order chi connectivity index (χ0) is 8.27. The van der Waals surface area contributed by atoms with E-state index in [0.717, 1.165) is 11.3 Å². The van der Waals surface area contributed by atoms with Crippen molar-refractivity contribution in [1.82, 2.24) is 4.98 Å². The first-order chi connectivity index (χ1) is 5.18. The van der Waals surface area contributed by atoms with Crippen molar-refractivity contribution in [2.24, 2.45) is 0 Å². The second kappa shape index (κ2) is 3.47. The van der Waals surface area contributed by atoms with E-state index in [2.05, 4.69) is 9.72 Å². The normalized spacial score (nSPS) is 10.5. The lowest BCUT2D eigenvalue weighted by Crippen LogP contribution is -2.06. The van der Waals surface area contributed by atoms with E-state index in [1.807, 2.05) is 0 Å². The molecule has 0 aliphatic heterocycles. The van der Waals surface area contributed by atoms with Crippen LogP contribution in [0.1, 0.15) is 0 Å². The summed E-state index contributed by atoms with van der Waals surface area (Å²) in [6.45, 7) is -0.632. The van der Waals surface area contributed by atoms with Gasteiger partial charge >= 0.3 is 0 Å². The second-order valence-corrected chi connectivity index (χ2v) is 2.76. The molecule has 1 heterocycles. The van der Waals surface area contributed by atoms with Gasteiger partial charge in [0.1, 0.15) is 5.00 Å². The van der Waals surface area contributed by atoms with Gasteiger partial charge in [-0.1, -0.05) is 11.3 Å². The number of nitrogens with zero attached hydrogens (tertiary/aromatic N) is 1. The molecule has 62 valence electrons. The quantitative estimate of drug-likeness (QED) is 0.764. The van der Waals surface area contributed by atoms with E-state index in [0.29, 0.717) is 5.00 Å². The lowest BCUT2D eigenvalue weighted by Gasteiger charge is -1.98. The third kappa shape index (κ3) is 2.67. The Labute approximate surface area is 65.8 Å². The van der Waals surface area contributed by atoms with Gasteiger partial charge in [0.2, 0.25) is 0 Å². The summed E-state index contributed by atoms with van der Waals surface area (Å²) in [5.41, 5.74) is 5.27. The molecule has 0 saturated carbocycles. The summed E-state index contributed by atoms with van der Waals surface area (Å²) < 4.78 is 27.7. The molecule has 0 aliphatic rings. The lowest BCUT2D eigenvalue weighted by atomic mass is 10.8. The minimum absolute atomic E-state index is 0.183. The Balaban J connectivity index is 2.39. The molecule has 0 spiro atoms. The molecule has 11 heavy (non-hydrogen) atoms. The van der Waals surface area contributed by atoms with Crippen molar-refractivity contribution < 1.29 is 13.5 Å². The van der Waals surface area contributed by atoms with E-state index in [1.54, 1.807) is 0 Å². The number of halogens is 2. The van der Waals surface area contributed by atoms with Crippen molar-refractivity contribution >= 4 is 16.3 Å². The number of alkyl halides is 2. The summed E-state index contributed by atoms with van der Waals surface area (Å²) in [6, 6.07) is 0. The first-order valence-corrected chi connectivity index (χ1v) is 3.62. The Morgan fingerprint density at radius 2 is 2.45 bits per heavy atom. The van der Waals surface area contributed by atoms with Gasteiger partial charge in [-0.05, 0) is 0 Å². The summed E-state index contributed by atoms with van der Waals surface area (Å²) in [5.74, 6) is 0. The maximum atomic E-state index is 11.5. The standard InChI is InChI=1S/C5H6F2N2OS/c6-3(7)2-10-5-9-1-4(8)11-5/h1,3H,2,8H2. The molecule has 0 unspecified atom stereocenters. The molecule has 0 aromatic carbocycles. The highest BCUT2D eigenvalue weighted by Gasteiger charge is 2.05. The fourth-order valence-electron chi connectivity index (χ4n) is 0.471. The molecule has 2 N–H and O–H groups in total. The average Bonchev–Trinajstić information content (AvgIpc) is 2.31. The number of hydrogen-bond acceptors (Lipinski definition) is 4. The van der Waals surface area contributed by atoms with Gasteiger partial charge in [0, 0.05) is 0 Å². The molecule has 0 radical (unpaired) electrons. The number of aromatic nitrogens is 1. The van der Waals surface area contributed by atoms with Crippen LogP contribution in [0.3, 0.4) is 0 Å². The number of nitrogens with two attached hydrogens (primary N) is 1. The van der Waals surface area contributed by atoms with Gasteiger partial charge in [0.15, 0.2) is 6.61 Å². The molecular formula is C5H6F2N2OS. The topological polar surface area (TPSA) is 48.1 Å². The molecule has 0 amide bonds. The fraction of sp³-hybridized carbons (Fsp3) is 0.400. The van der Waals surface area contributed by atoms with Crippen LogP contribution in [-0.4, -0.2) is 18.0 Å². The van der Waals surface area contributed by atoms with Crippen LogP contribution in [0.5, 0.6) is 5.19 Å². The van der Waals surface area contributed by atoms with Crippen LogP contribution in [-0.2, 0) is 0 Å². The van der Waals surface area contributed by atoms with Gasteiger partial charge in [0.05, 0.1) is 6.20 Å². The molecule has 0 atom stereocenters. The van der Waals surface area contributed by atoms with Crippen molar-refractivity contribution in [2.75, 3.05) is 12.3 Å². The van der Waals surface area contributed by atoms with Crippen LogP contribution >= 0.6 is 11.3 Å². The highest BCUT2D eigenvalue weighted by atomic mass is 32.1. The van der Waals surface area contributed by atoms with Crippen molar-refractivity contribution in [1.29, 1.82) is 0 Å². The van der Waals surface area contributed by atoms with Crippen LogP contribution in [0, 0.1) is 0 Å². The molecule has 0 fully saturated rings. The molecule has 6 heteroatoms. The SMILES string of the molecule is Nc1cnc(OCC(F)F)s1. The average molecular weight is 180 g/mol. The van der Waals surface area contributed by atoms with Gasteiger partial charge in [-0.25, -0.2) is 13.8 Å². The van der Waals surface area contributed by atoms with Crippen LogP contribution in [0.4, 0.5) is 13.8 Å².